The normalized spacial score (nSPS) is 11.6. The molecule has 9 heteroatoms. The molecule has 2 aromatic heterocycles. The van der Waals surface area contributed by atoms with Crippen LogP contribution in [0, 0.1) is 0 Å². The second kappa shape index (κ2) is 6.77. The molecule has 0 aliphatic heterocycles. The molecule has 2 heterocycles. The molecule has 1 aromatic carbocycles. The summed E-state index contributed by atoms with van der Waals surface area (Å²) < 4.78 is 30.8. The number of carbonyl (C=O) groups excluding carboxylic acids is 1. The lowest BCUT2D eigenvalue weighted by molar-refractivity contribution is 0.0463. The second-order valence-electron chi connectivity index (χ2n) is 5.12. The maximum absolute atomic E-state index is 12.3. The van der Waals surface area contributed by atoms with Gasteiger partial charge in [0, 0.05) is 17.6 Å². The van der Waals surface area contributed by atoms with Crippen molar-refractivity contribution in [1.29, 1.82) is 0 Å². The van der Waals surface area contributed by atoms with Gasteiger partial charge < -0.3 is 4.74 Å². The standard InChI is InChI=1S/C16H14N2O5S2/c1-2-25(21,22)13-6-4-3-5-12(13)15(20)23-10-11-9-14(19)18-7-8-24-16(18)17-11/h3-9H,2,10H2,1H3. The molecule has 3 aromatic rings. The number of benzene rings is 1. The first kappa shape index (κ1) is 17.3. The van der Waals surface area contributed by atoms with Crippen LogP contribution in [0.1, 0.15) is 23.0 Å². The Kier molecular flexibility index (Phi) is 4.69. The van der Waals surface area contributed by atoms with Crippen LogP contribution >= 0.6 is 11.3 Å². The van der Waals surface area contributed by atoms with Crippen LogP contribution in [0.5, 0.6) is 0 Å². The predicted octanol–water partition coefficient (Wildman–Crippen LogP) is 1.91. The minimum atomic E-state index is -3.55. The minimum absolute atomic E-state index is 0.0294. The summed E-state index contributed by atoms with van der Waals surface area (Å²) in [5, 5.41) is 1.73. The Balaban J connectivity index is 1.84. The molecule has 0 N–H and O–H groups in total. The van der Waals surface area contributed by atoms with Crippen LogP contribution in [0.15, 0.2) is 51.6 Å². The molecule has 0 radical (unpaired) electrons. The second-order valence-corrected chi connectivity index (χ2v) is 8.24. The molecule has 0 saturated carbocycles. The van der Waals surface area contributed by atoms with Crippen molar-refractivity contribution in [1.82, 2.24) is 9.38 Å². The number of nitrogens with zero attached hydrogens (tertiary/aromatic N) is 2. The van der Waals surface area contributed by atoms with Gasteiger partial charge in [-0.15, -0.1) is 11.3 Å². The summed E-state index contributed by atoms with van der Waals surface area (Å²) in [6.45, 7) is 1.29. The third-order valence-corrected chi connectivity index (χ3v) is 6.07. The average molecular weight is 378 g/mol. The Bertz CT molecular complexity index is 1100. The van der Waals surface area contributed by atoms with E-state index in [0.717, 1.165) is 0 Å². The van der Waals surface area contributed by atoms with E-state index in [2.05, 4.69) is 4.98 Å². The number of carbonyl (C=O) groups is 1. The first-order chi connectivity index (χ1) is 11.9. The fourth-order valence-corrected chi connectivity index (χ4v) is 4.06. The zero-order valence-corrected chi connectivity index (χ0v) is 14.8. The Morgan fingerprint density at radius 2 is 2.08 bits per heavy atom. The highest BCUT2D eigenvalue weighted by Gasteiger charge is 2.21. The SMILES string of the molecule is CCS(=O)(=O)c1ccccc1C(=O)OCc1cc(=O)n2ccsc2n1. The van der Waals surface area contributed by atoms with Gasteiger partial charge >= 0.3 is 5.97 Å². The molecule has 0 amide bonds. The summed E-state index contributed by atoms with van der Waals surface area (Å²) in [5.74, 6) is -0.897. The van der Waals surface area contributed by atoms with Crippen molar-refractivity contribution >= 4 is 32.1 Å². The molecule has 7 nitrogen and oxygen atoms in total. The van der Waals surface area contributed by atoms with Crippen LogP contribution in [0.2, 0.25) is 0 Å². The van der Waals surface area contributed by atoms with Crippen LogP contribution < -0.4 is 5.56 Å². The highest BCUT2D eigenvalue weighted by Crippen LogP contribution is 2.18. The van der Waals surface area contributed by atoms with Crippen molar-refractivity contribution in [2.45, 2.75) is 18.4 Å². The van der Waals surface area contributed by atoms with E-state index in [1.807, 2.05) is 0 Å². The fraction of sp³-hybridized carbons (Fsp3) is 0.188. The van der Waals surface area contributed by atoms with Crippen LogP contribution in [0.4, 0.5) is 0 Å². The largest absolute Gasteiger partial charge is 0.456 e. The summed E-state index contributed by atoms with van der Waals surface area (Å²) >= 11 is 1.29. The molecule has 0 spiro atoms. The Morgan fingerprint density at radius 1 is 1.32 bits per heavy atom. The van der Waals surface area contributed by atoms with E-state index >= 15 is 0 Å². The lowest BCUT2D eigenvalue weighted by Gasteiger charge is -2.09. The fourth-order valence-electron chi connectivity index (χ4n) is 2.24. The summed E-state index contributed by atoms with van der Waals surface area (Å²) in [7, 11) is -3.55. The number of thiazole rings is 1. The van der Waals surface area contributed by atoms with Gasteiger partial charge in [-0.2, -0.15) is 0 Å². The van der Waals surface area contributed by atoms with E-state index < -0.39 is 15.8 Å². The highest BCUT2D eigenvalue weighted by molar-refractivity contribution is 7.91. The van der Waals surface area contributed by atoms with E-state index in [1.54, 1.807) is 23.7 Å². The van der Waals surface area contributed by atoms with Crippen LogP contribution in [-0.4, -0.2) is 29.5 Å². The quantitative estimate of drug-likeness (QED) is 0.630. The minimum Gasteiger partial charge on any atom is -0.456 e. The maximum Gasteiger partial charge on any atom is 0.339 e. The lowest BCUT2D eigenvalue weighted by Crippen LogP contribution is -2.16. The number of hydrogen-bond donors (Lipinski definition) is 0. The zero-order valence-electron chi connectivity index (χ0n) is 13.2. The van der Waals surface area contributed by atoms with Crippen LogP contribution in [0.3, 0.4) is 0 Å². The third kappa shape index (κ3) is 3.47. The Morgan fingerprint density at radius 3 is 2.84 bits per heavy atom. The molecule has 3 rings (SSSR count). The molecule has 25 heavy (non-hydrogen) atoms. The van der Waals surface area contributed by atoms with Crippen molar-refractivity contribution in [2.24, 2.45) is 0 Å². The molecule has 0 aliphatic rings. The van der Waals surface area contributed by atoms with E-state index in [-0.39, 0.29) is 28.4 Å². The molecule has 0 unspecified atom stereocenters. The summed E-state index contributed by atoms with van der Waals surface area (Å²) in [6.07, 6.45) is 1.61. The van der Waals surface area contributed by atoms with Crippen molar-refractivity contribution < 1.29 is 17.9 Å². The number of ether oxygens (including phenoxy) is 1. The van der Waals surface area contributed by atoms with Gasteiger partial charge in [0.15, 0.2) is 14.8 Å². The molecule has 130 valence electrons. The smallest absolute Gasteiger partial charge is 0.339 e. The van der Waals surface area contributed by atoms with E-state index in [0.29, 0.717) is 10.7 Å². The van der Waals surface area contributed by atoms with Gasteiger partial charge in [0.2, 0.25) is 0 Å². The van der Waals surface area contributed by atoms with Gasteiger partial charge in [0.25, 0.3) is 5.56 Å². The number of esters is 1. The monoisotopic (exact) mass is 378 g/mol. The van der Waals surface area contributed by atoms with Gasteiger partial charge in [0.05, 0.1) is 21.9 Å². The van der Waals surface area contributed by atoms with E-state index in [1.165, 1.54) is 40.9 Å². The molecule has 0 atom stereocenters. The number of fused-ring (bicyclic) bond motifs is 1. The molecular weight excluding hydrogens is 364 g/mol. The lowest BCUT2D eigenvalue weighted by atomic mass is 10.2. The van der Waals surface area contributed by atoms with Crippen molar-refractivity contribution in [3.8, 4) is 0 Å². The molecule has 0 fully saturated rings. The predicted molar refractivity (Wildman–Crippen MR) is 92.6 cm³/mol. The van der Waals surface area contributed by atoms with Gasteiger partial charge in [-0.25, -0.2) is 18.2 Å². The van der Waals surface area contributed by atoms with Crippen LogP contribution in [0.25, 0.3) is 4.96 Å². The van der Waals surface area contributed by atoms with Crippen molar-refractivity contribution in [3.63, 3.8) is 0 Å². The number of hydrogen-bond acceptors (Lipinski definition) is 7. The summed E-state index contributed by atoms with van der Waals surface area (Å²) in [4.78, 5) is 28.9. The third-order valence-electron chi connectivity index (χ3n) is 3.53. The van der Waals surface area contributed by atoms with Gasteiger partial charge in [-0.05, 0) is 12.1 Å². The number of aromatic nitrogens is 2. The van der Waals surface area contributed by atoms with Crippen molar-refractivity contribution in [2.75, 3.05) is 5.75 Å². The zero-order chi connectivity index (χ0) is 18.0. The molecule has 0 bridgehead atoms. The summed E-state index contributed by atoms with van der Waals surface area (Å²) in [6, 6.07) is 7.16. The van der Waals surface area contributed by atoms with E-state index in [9.17, 15) is 18.0 Å². The number of rotatable bonds is 5. The van der Waals surface area contributed by atoms with Crippen LogP contribution in [-0.2, 0) is 21.2 Å². The van der Waals surface area contributed by atoms with E-state index in [4.69, 9.17) is 4.74 Å². The van der Waals surface area contributed by atoms with Gasteiger partial charge in [-0.3, -0.25) is 9.20 Å². The maximum atomic E-state index is 12.3. The molecule has 0 saturated heterocycles. The first-order valence-corrected chi connectivity index (χ1v) is 9.90. The highest BCUT2D eigenvalue weighted by atomic mass is 32.2. The molecule has 0 aliphatic carbocycles. The Labute approximate surface area is 147 Å². The number of sulfone groups is 1. The topological polar surface area (TPSA) is 94.8 Å². The van der Waals surface area contributed by atoms with Gasteiger partial charge in [0.1, 0.15) is 6.61 Å². The first-order valence-electron chi connectivity index (χ1n) is 7.37. The van der Waals surface area contributed by atoms with Gasteiger partial charge in [-0.1, -0.05) is 19.1 Å². The average Bonchev–Trinajstić information content (AvgIpc) is 3.09. The van der Waals surface area contributed by atoms with Crippen molar-refractivity contribution in [3.05, 3.63) is 63.5 Å². The summed E-state index contributed by atoms with van der Waals surface area (Å²) in [5.41, 5.74) is 0.00108. The molecular formula is C16H14N2O5S2. The Hall–Kier alpha value is -2.52.